The lowest BCUT2D eigenvalue weighted by Gasteiger charge is -2.39. The maximum atomic E-state index is 5.95. The van der Waals surface area contributed by atoms with E-state index in [4.69, 9.17) is 5.73 Å². The molecule has 3 rings (SSSR count). The van der Waals surface area contributed by atoms with Crippen molar-refractivity contribution in [2.75, 3.05) is 33.2 Å². The summed E-state index contributed by atoms with van der Waals surface area (Å²) in [6, 6.07) is 9.09. The van der Waals surface area contributed by atoms with Crippen LogP contribution in [0.2, 0.25) is 0 Å². The SMILES string of the molecule is CN1CCN(Cc2cn(C)c3ccccc23)C(CN)C1. The maximum Gasteiger partial charge on any atom is 0.0481 e. The summed E-state index contributed by atoms with van der Waals surface area (Å²) in [6.45, 7) is 5.02. The summed E-state index contributed by atoms with van der Waals surface area (Å²) in [6.07, 6.45) is 2.26. The van der Waals surface area contributed by atoms with Gasteiger partial charge in [0.2, 0.25) is 0 Å². The molecule has 108 valence electrons. The molecule has 0 bridgehead atoms. The fraction of sp³-hybridized carbons (Fsp3) is 0.500. The van der Waals surface area contributed by atoms with Crippen LogP contribution in [0.15, 0.2) is 30.5 Å². The van der Waals surface area contributed by atoms with Crippen molar-refractivity contribution in [1.29, 1.82) is 0 Å². The van der Waals surface area contributed by atoms with E-state index < -0.39 is 0 Å². The van der Waals surface area contributed by atoms with Crippen molar-refractivity contribution >= 4 is 10.9 Å². The van der Waals surface area contributed by atoms with Gasteiger partial charge in [0.25, 0.3) is 0 Å². The molecule has 1 saturated heterocycles. The van der Waals surface area contributed by atoms with Crippen LogP contribution in [-0.2, 0) is 13.6 Å². The fourth-order valence-electron chi connectivity index (χ4n) is 3.25. The predicted molar refractivity (Wildman–Crippen MR) is 83.7 cm³/mol. The Balaban J connectivity index is 1.85. The van der Waals surface area contributed by atoms with Gasteiger partial charge < -0.3 is 15.2 Å². The van der Waals surface area contributed by atoms with Crippen molar-refractivity contribution < 1.29 is 0 Å². The largest absolute Gasteiger partial charge is 0.350 e. The van der Waals surface area contributed by atoms with E-state index in [1.807, 2.05) is 0 Å². The van der Waals surface area contributed by atoms with Gasteiger partial charge in [-0.2, -0.15) is 0 Å². The molecular formula is C16H24N4. The average Bonchev–Trinajstić information content (AvgIpc) is 2.78. The number of hydrogen-bond donors (Lipinski definition) is 1. The Morgan fingerprint density at radius 2 is 2.00 bits per heavy atom. The van der Waals surface area contributed by atoms with Crippen molar-refractivity contribution in [3.05, 3.63) is 36.0 Å². The lowest BCUT2D eigenvalue weighted by atomic mass is 10.1. The molecule has 1 aliphatic rings. The molecule has 2 N–H and O–H groups in total. The van der Waals surface area contributed by atoms with Gasteiger partial charge in [-0.15, -0.1) is 0 Å². The second kappa shape index (κ2) is 5.56. The average molecular weight is 272 g/mol. The summed E-state index contributed by atoms with van der Waals surface area (Å²) in [5.74, 6) is 0. The molecule has 20 heavy (non-hydrogen) atoms. The second-order valence-electron chi connectivity index (χ2n) is 5.90. The topological polar surface area (TPSA) is 37.4 Å². The first-order valence-corrected chi connectivity index (χ1v) is 7.34. The number of nitrogens with zero attached hydrogens (tertiary/aromatic N) is 3. The van der Waals surface area contributed by atoms with Crippen molar-refractivity contribution in [3.63, 3.8) is 0 Å². The van der Waals surface area contributed by atoms with E-state index in [1.165, 1.54) is 16.5 Å². The third-order valence-electron chi connectivity index (χ3n) is 4.43. The zero-order valence-corrected chi connectivity index (χ0v) is 12.4. The van der Waals surface area contributed by atoms with E-state index >= 15 is 0 Å². The molecule has 1 unspecified atom stereocenters. The number of likely N-dealkylation sites (N-methyl/N-ethyl adjacent to an activating group) is 1. The normalized spacial score (nSPS) is 21.6. The van der Waals surface area contributed by atoms with Crippen LogP contribution in [-0.4, -0.2) is 53.6 Å². The lowest BCUT2D eigenvalue weighted by molar-refractivity contribution is 0.0884. The Morgan fingerprint density at radius 1 is 1.20 bits per heavy atom. The number of fused-ring (bicyclic) bond motifs is 1. The second-order valence-corrected chi connectivity index (χ2v) is 5.90. The highest BCUT2D eigenvalue weighted by Gasteiger charge is 2.24. The first kappa shape index (κ1) is 13.6. The Hall–Kier alpha value is -1.36. The Kier molecular flexibility index (Phi) is 3.78. The molecule has 0 radical (unpaired) electrons. The van der Waals surface area contributed by atoms with Gasteiger partial charge in [0.15, 0.2) is 0 Å². The summed E-state index contributed by atoms with van der Waals surface area (Å²) in [7, 11) is 4.30. The number of nitrogens with two attached hydrogens (primary N) is 1. The molecule has 1 aliphatic heterocycles. The molecule has 2 heterocycles. The molecule has 4 heteroatoms. The maximum absolute atomic E-state index is 5.95. The number of para-hydroxylation sites is 1. The van der Waals surface area contributed by atoms with Gasteiger partial charge in [0.1, 0.15) is 0 Å². The van der Waals surface area contributed by atoms with Gasteiger partial charge in [0, 0.05) is 62.9 Å². The third kappa shape index (κ3) is 2.46. The van der Waals surface area contributed by atoms with E-state index in [2.05, 4.69) is 58.9 Å². The molecule has 4 nitrogen and oxygen atoms in total. The Labute approximate surface area is 120 Å². The Bertz CT molecular complexity index is 589. The van der Waals surface area contributed by atoms with Crippen LogP contribution in [0, 0.1) is 0 Å². The summed E-state index contributed by atoms with van der Waals surface area (Å²) in [4.78, 5) is 4.90. The van der Waals surface area contributed by atoms with Gasteiger partial charge in [-0.1, -0.05) is 18.2 Å². The molecule has 1 aromatic heterocycles. The molecule has 0 spiro atoms. The van der Waals surface area contributed by atoms with E-state index in [0.717, 1.165) is 32.7 Å². The zero-order chi connectivity index (χ0) is 14.1. The van der Waals surface area contributed by atoms with Crippen LogP contribution in [0.5, 0.6) is 0 Å². The first-order chi connectivity index (χ1) is 9.69. The minimum Gasteiger partial charge on any atom is -0.350 e. The first-order valence-electron chi connectivity index (χ1n) is 7.34. The summed E-state index contributed by atoms with van der Waals surface area (Å²) >= 11 is 0. The highest BCUT2D eigenvalue weighted by Crippen LogP contribution is 2.23. The van der Waals surface area contributed by atoms with Crippen LogP contribution in [0.4, 0.5) is 0 Å². The van der Waals surface area contributed by atoms with Gasteiger partial charge in [-0.3, -0.25) is 4.90 Å². The van der Waals surface area contributed by atoms with Gasteiger partial charge >= 0.3 is 0 Å². The number of rotatable bonds is 3. The summed E-state index contributed by atoms with van der Waals surface area (Å²) < 4.78 is 2.22. The molecule has 0 saturated carbocycles. The van der Waals surface area contributed by atoms with E-state index in [9.17, 15) is 0 Å². The summed E-state index contributed by atoms with van der Waals surface area (Å²) in [5.41, 5.74) is 8.67. The van der Waals surface area contributed by atoms with E-state index in [1.54, 1.807) is 0 Å². The molecule has 0 aliphatic carbocycles. The zero-order valence-electron chi connectivity index (χ0n) is 12.4. The van der Waals surface area contributed by atoms with Gasteiger partial charge in [0.05, 0.1) is 0 Å². The number of aryl methyl sites for hydroxylation is 1. The van der Waals surface area contributed by atoms with E-state index in [0.29, 0.717) is 6.04 Å². The molecule has 1 aromatic carbocycles. The van der Waals surface area contributed by atoms with Crippen molar-refractivity contribution in [2.45, 2.75) is 12.6 Å². The minimum absolute atomic E-state index is 0.465. The van der Waals surface area contributed by atoms with Crippen molar-refractivity contribution in [2.24, 2.45) is 12.8 Å². The van der Waals surface area contributed by atoms with Crippen molar-refractivity contribution in [1.82, 2.24) is 14.4 Å². The summed E-state index contributed by atoms with van der Waals surface area (Å²) in [5, 5.41) is 1.37. The number of piperazine rings is 1. The number of aromatic nitrogens is 1. The molecule has 0 amide bonds. The predicted octanol–water partition coefficient (Wildman–Crippen LogP) is 1.25. The lowest BCUT2D eigenvalue weighted by Crippen LogP contribution is -2.54. The van der Waals surface area contributed by atoms with Crippen LogP contribution in [0.25, 0.3) is 10.9 Å². The highest BCUT2D eigenvalue weighted by atomic mass is 15.3. The van der Waals surface area contributed by atoms with Crippen LogP contribution in [0.3, 0.4) is 0 Å². The quantitative estimate of drug-likeness (QED) is 0.914. The molecule has 2 aromatic rings. The monoisotopic (exact) mass is 272 g/mol. The van der Waals surface area contributed by atoms with Gasteiger partial charge in [-0.05, 0) is 18.7 Å². The smallest absolute Gasteiger partial charge is 0.0481 e. The van der Waals surface area contributed by atoms with Crippen LogP contribution in [0.1, 0.15) is 5.56 Å². The number of hydrogen-bond acceptors (Lipinski definition) is 3. The molecule has 1 fully saturated rings. The molecule has 1 atom stereocenters. The standard InChI is InChI=1S/C16H24N4/c1-18-7-8-20(14(9-17)12-18)11-13-10-19(2)16-6-4-3-5-15(13)16/h3-6,10,14H,7-9,11-12,17H2,1-2H3. The third-order valence-corrected chi connectivity index (χ3v) is 4.43. The fourth-order valence-corrected chi connectivity index (χ4v) is 3.25. The highest BCUT2D eigenvalue weighted by molar-refractivity contribution is 5.83. The Morgan fingerprint density at radius 3 is 2.80 bits per heavy atom. The van der Waals surface area contributed by atoms with Crippen molar-refractivity contribution in [3.8, 4) is 0 Å². The van der Waals surface area contributed by atoms with E-state index in [-0.39, 0.29) is 0 Å². The van der Waals surface area contributed by atoms with Gasteiger partial charge in [-0.25, -0.2) is 0 Å². The van der Waals surface area contributed by atoms with Crippen LogP contribution >= 0.6 is 0 Å². The molecular weight excluding hydrogens is 248 g/mol. The number of benzene rings is 1. The minimum atomic E-state index is 0.465. The van der Waals surface area contributed by atoms with Crippen LogP contribution < -0.4 is 5.73 Å².